The maximum absolute atomic E-state index is 11.9. The Morgan fingerprint density at radius 2 is 1.90 bits per heavy atom. The summed E-state index contributed by atoms with van der Waals surface area (Å²) in [5.74, 6) is -0.175. The first-order chi connectivity index (χ1) is 9.54. The third kappa shape index (κ3) is 4.22. The smallest absolute Gasteiger partial charge is 0.248 e. The van der Waals surface area contributed by atoms with Crippen LogP contribution in [-0.4, -0.2) is 5.91 Å². The van der Waals surface area contributed by atoms with Crippen LogP contribution in [0, 0.1) is 6.92 Å². The van der Waals surface area contributed by atoms with Gasteiger partial charge in [0.2, 0.25) is 5.91 Å². The van der Waals surface area contributed by atoms with Gasteiger partial charge in [-0.15, -0.1) is 0 Å². The molecule has 0 saturated heterocycles. The molecular formula is C16H13BrClNO. The van der Waals surface area contributed by atoms with Crippen LogP contribution in [0.15, 0.2) is 53.0 Å². The van der Waals surface area contributed by atoms with Crippen LogP contribution in [0.4, 0.5) is 5.69 Å². The van der Waals surface area contributed by atoms with E-state index in [0.717, 1.165) is 21.3 Å². The first kappa shape index (κ1) is 14.8. The van der Waals surface area contributed by atoms with Gasteiger partial charge in [0, 0.05) is 15.6 Å². The highest BCUT2D eigenvalue weighted by atomic mass is 79.9. The van der Waals surface area contributed by atoms with Crippen LogP contribution < -0.4 is 5.32 Å². The third-order valence-corrected chi connectivity index (χ3v) is 3.62. The van der Waals surface area contributed by atoms with Crippen LogP contribution in [0.3, 0.4) is 0 Å². The van der Waals surface area contributed by atoms with E-state index in [1.807, 2.05) is 37.3 Å². The highest BCUT2D eigenvalue weighted by Gasteiger charge is 2.02. The van der Waals surface area contributed by atoms with Gasteiger partial charge in [0.1, 0.15) is 0 Å². The molecular weight excluding hydrogens is 338 g/mol. The first-order valence-corrected chi connectivity index (χ1v) is 7.22. The van der Waals surface area contributed by atoms with Crippen LogP contribution in [0.1, 0.15) is 11.1 Å². The molecule has 4 heteroatoms. The van der Waals surface area contributed by atoms with E-state index >= 15 is 0 Å². The van der Waals surface area contributed by atoms with Crippen molar-refractivity contribution in [2.45, 2.75) is 6.92 Å². The molecule has 0 radical (unpaired) electrons. The number of benzene rings is 2. The second-order valence-electron chi connectivity index (χ2n) is 4.36. The maximum Gasteiger partial charge on any atom is 0.248 e. The van der Waals surface area contributed by atoms with Gasteiger partial charge in [0.05, 0.1) is 5.69 Å². The summed E-state index contributed by atoms with van der Waals surface area (Å²) in [6.07, 6.45) is 3.24. The number of carbonyl (C=O) groups excluding carboxylic acids is 1. The molecule has 102 valence electrons. The van der Waals surface area contributed by atoms with Gasteiger partial charge in [0.15, 0.2) is 0 Å². The Balaban J connectivity index is 2.05. The summed E-state index contributed by atoms with van der Waals surface area (Å²) in [5, 5.41) is 3.51. The minimum absolute atomic E-state index is 0.175. The van der Waals surface area contributed by atoms with Crippen molar-refractivity contribution in [3.8, 4) is 0 Å². The van der Waals surface area contributed by atoms with Gasteiger partial charge in [-0.2, -0.15) is 0 Å². The fourth-order valence-corrected chi connectivity index (χ4v) is 2.13. The summed E-state index contributed by atoms with van der Waals surface area (Å²) in [5.41, 5.74) is 2.77. The van der Waals surface area contributed by atoms with Gasteiger partial charge >= 0.3 is 0 Å². The Hall–Kier alpha value is -1.58. The Morgan fingerprint density at radius 3 is 2.60 bits per heavy atom. The van der Waals surface area contributed by atoms with Crippen molar-refractivity contribution in [1.29, 1.82) is 0 Å². The first-order valence-electron chi connectivity index (χ1n) is 6.05. The maximum atomic E-state index is 11.9. The molecule has 0 bridgehead atoms. The van der Waals surface area contributed by atoms with Crippen molar-refractivity contribution in [1.82, 2.24) is 0 Å². The largest absolute Gasteiger partial charge is 0.321 e. The zero-order chi connectivity index (χ0) is 14.5. The van der Waals surface area contributed by atoms with Crippen molar-refractivity contribution in [3.05, 3.63) is 69.2 Å². The molecule has 0 aromatic heterocycles. The Morgan fingerprint density at radius 1 is 1.20 bits per heavy atom. The number of rotatable bonds is 3. The minimum Gasteiger partial charge on any atom is -0.321 e. The number of anilines is 1. The predicted octanol–water partition coefficient (Wildman–Crippen LogP) is 5.06. The summed E-state index contributed by atoms with van der Waals surface area (Å²) in [6.45, 7) is 1.98. The molecule has 0 heterocycles. The van der Waals surface area contributed by atoms with E-state index in [4.69, 9.17) is 11.6 Å². The number of amides is 1. The Bertz CT molecular complexity index is 650. The molecule has 0 unspecified atom stereocenters. The molecule has 0 saturated carbocycles. The molecule has 0 fully saturated rings. The SMILES string of the molecule is Cc1ccc(Br)c(NC(=O)/C=C/c2ccc(Cl)cc2)c1. The van der Waals surface area contributed by atoms with Gasteiger partial charge in [-0.25, -0.2) is 0 Å². The van der Waals surface area contributed by atoms with Gasteiger partial charge in [-0.1, -0.05) is 29.8 Å². The van der Waals surface area contributed by atoms with Crippen molar-refractivity contribution in [3.63, 3.8) is 0 Å². The van der Waals surface area contributed by atoms with E-state index in [1.54, 1.807) is 18.2 Å². The van der Waals surface area contributed by atoms with Gasteiger partial charge in [0.25, 0.3) is 0 Å². The summed E-state index contributed by atoms with van der Waals surface area (Å²) in [4.78, 5) is 11.9. The second kappa shape index (κ2) is 6.73. The van der Waals surface area contributed by atoms with Crippen LogP contribution in [0.2, 0.25) is 5.02 Å². The highest BCUT2D eigenvalue weighted by Crippen LogP contribution is 2.23. The monoisotopic (exact) mass is 349 g/mol. The predicted molar refractivity (Wildman–Crippen MR) is 88.0 cm³/mol. The lowest BCUT2D eigenvalue weighted by molar-refractivity contribution is -0.111. The van der Waals surface area contributed by atoms with E-state index in [2.05, 4.69) is 21.2 Å². The highest BCUT2D eigenvalue weighted by molar-refractivity contribution is 9.10. The number of halogens is 2. The normalized spacial score (nSPS) is 10.8. The zero-order valence-electron chi connectivity index (χ0n) is 10.9. The van der Waals surface area contributed by atoms with Crippen molar-refractivity contribution in [2.24, 2.45) is 0 Å². The molecule has 20 heavy (non-hydrogen) atoms. The van der Waals surface area contributed by atoms with E-state index in [9.17, 15) is 4.79 Å². The van der Waals surface area contributed by atoms with Crippen LogP contribution >= 0.6 is 27.5 Å². The molecule has 2 rings (SSSR count). The molecule has 0 aliphatic carbocycles. The van der Waals surface area contributed by atoms with Crippen LogP contribution in [0.5, 0.6) is 0 Å². The number of carbonyl (C=O) groups is 1. The van der Waals surface area contributed by atoms with Crippen LogP contribution in [-0.2, 0) is 4.79 Å². The average Bonchev–Trinajstić information content (AvgIpc) is 2.42. The number of hydrogen-bond donors (Lipinski definition) is 1. The van der Waals surface area contributed by atoms with Crippen molar-refractivity contribution < 1.29 is 4.79 Å². The Labute approximate surface area is 131 Å². The van der Waals surface area contributed by atoms with Crippen LogP contribution in [0.25, 0.3) is 6.08 Å². The molecule has 2 aromatic carbocycles. The van der Waals surface area contributed by atoms with Gasteiger partial charge < -0.3 is 5.32 Å². The lowest BCUT2D eigenvalue weighted by atomic mass is 10.2. The van der Waals surface area contributed by atoms with E-state index in [-0.39, 0.29) is 5.91 Å². The summed E-state index contributed by atoms with van der Waals surface area (Å²) < 4.78 is 0.858. The lowest BCUT2D eigenvalue weighted by Gasteiger charge is -2.06. The lowest BCUT2D eigenvalue weighted by Crippen LogP contribution is -2.08. The fraction of sp³-hybridized carbons (Fsp3) is 0.0625. The topological polar surface area (TPSA) is 29.1 Å². The number of aryl methyl sites for hydroxylation is 1. The fourth-order valence-electron chi connectivity index (χ4n) is 1.66. The summed E-state index contributed by atoms with van der Waals surface area (Å²) in [7, 11) is 0. The molecule has 0 aliphatic rings. The second-order valence-corrected chi connectivity index (χ2v) is 5.65. The van der Waals surface area contributed by atoms with Crippen molar-refractivity contribution >= 4 is 45.2 Å². The average molecular weight is 351 g/mol. The molecule has 2 aromatic rings. The third-order valence-electron chi connectivity index (χ3n) is 2.68. The van der Waals surface area contributed by atoms with E-state index in [0.29, 0.717) is 5.02 Å². The molecule has 2 nitrogen and oxygen atoms in total. The zero-order valence-corrected chi connectivity index (χ0v) is 13.2. The van der Waals surface area contributed by atoms with Crippen molar-refractivity contribution in [2.75, 3.05) is 5.32 Å². The minimum atomic E-state index is -0.175. The van der Waals surface area contributed by atoms with E-state index in [1.165, 1.54) is 6.08 Å². The molecule has 0 atom stereocenters. The summed E-state index contributed by atoms with van der Waals surface area (Å²) in [6, 6.07) is 13.1. The number of hydrogen-bond acceptors (Lipinski definition) is 1. The molecule has 0 spiro atoms. The van der Waals surface area contributed by atoms with Gasteiger partial charge in [-0.3, -0.25) is 4.79 Å². The quantitative estimate of drug-likeness (QED) is 0.770. The van der Waals surface area contributed by atoms with Gasteiger partial charge in [-0.05, 0) is 64.3 Å². The molecule has 1 amide bonds. The summed E-state index contributed by atoms with van der Waals surface area (Å²) >= 11 is 9.21. The molecule has 1 N–H and O–H groups in total. The van der Waals surface area contributed by atoms with E-state index < -0.39 is 0 Å². The number of nitrogens with one attached hydrogen (secondary N) is 1. The Kier molecular flexibility index (Phi) is 4.99. The standard InChI is InChI=1S/C16H13BrClNO/c1-11-2-8-14(17)15(10-11)19-16(20)9-5-12-3-6-13(18)7-4-12/h2-10H,1H3,(H,19,20)/b9-5+. The molecule has 0 aliphatic heterocycles.